The summed E-state index contributed by atoms with van der Waals surface area (Å²) in [6, 6.07) is 9.82. The number of carbonyl (C=O) groups is 1. The van der Waals surface area contributed by atoms with Crippen LogP contribution in [0.15, 0.2) is 36.5 Å². The molecule has 3 rings (SSSR count). The minimum atomic E-state index is -0.267. The molecule has 0 aliphatic heterocycles. The van der Waals surface area contributed by atoms with Crippen molar-refractivity contribution in [1.29, 1.82) is 0 Å². The van der Waals surface area contributed by atoms with Crippen molar-refractivity contribution in [3.63, 3.8) is 0 Å². The van der Waals surface area contributed by atoms with Crippen LogP contribution in [0.1, 0.15) is 22.4 Å². The fourth-order valence-electron chi connectivity index (χ4n) is 1.83. The van der Waals surface area contributed by atoms with Gasteiger partial charge in [0.05, 0.1) is 12.7 Å². The summed E-state index contributed by atoms with van der Waals surface area (Å²) >= 11 is 1.45. The molecule has 0 aliphatic carbocycles. The topological polar surface area (TPSA) is 85.6 Å². The molecule has 0 fully saturated rings. The van der Waals surface area contributed by atoms with Crippen molar-refractivity contribution in [2.45, 2.75) is 20.0 Å². The Kier molecular flexibility index (Phi) is 4.19. The van der Waals surface area contributed by atoms with Crippen molar-refractivity contribution in [3.8, 4) is 10.6 Å². The van der Waals surface area contributed by atoms with Gasteiger partial charge in [0.1, 0.15) is 10.0 Å². The Morgan fingerprint density at radius 3 is 2.77 bits per heavy atom. The first-order valence-electron chi connectivity index (χ1n) is 6.82. The number of rotatable bonds is 5. The van der Waals surface area contributed by atoms with Gasteiger partial charge in [-0.25, -0.2) is 0 Å². The Morgan fingerprint density at radius 1 is 1.23 bits per heavy atom. The fourth-order valence-corrected chi connectivity index (χ4v) is 2.61. The Hall–Kier alpha value is -2.61. The number of nitrogens with one attached hydrogen (secondary N) is 1. The third kappa shape index (κ3) is 3.17. The van der Waals surface area contributed by atoms with Crippen molar-refractivity contribution in [3.05, 3.63) is 47.2 Å². The number of hydrogen-bond donors (Lipinski definition) is 1. The van der Waals surface area contributed by atoms with Crippen molar-refractivity contribution in [2.75, 3.05) is 0 Å². The lowest BCUT2D eigenvalue weighted by Crippen LogP contribution is -2.23. The molecule has 0 radical (unpaired) electrons. The molecule has 1 amide bonds. The van der Waals surface area contributed by atoms with E-state index in [1.165, 1.54) is 11.3 Å². The SMILES string of the molecule is CCn1cc(C(=O)NCc2nnc(-c3ccccc3)s2)nn1. The minimum Gasteiger partial charge on any atom is -0.344 e. The zero-order chi connectivity index (χ0) is 15.4. The third-order valence-corrected chi connectivity index (χ3v) is 3.96. The van der Waals surface area contributed by atoms with Crippen LogP contribution in [-0.4, -0.2) is 31.1 Å². The number of benzene rings is 1. The summed E-state index contributed by atoms with van der Waals surface area (Å²) in [5.41, 5.74) is 1.32. The fraction of sp³-hybridized carbons (Fsp3) is 0.214. The maximum atomic E-state index is 12.0. The minimum absolute atomic E-state index is 0.267. The van der Waals surface area contributed by atoms with Crippen molar-refractivity contribution in [1.82, 2.24) is 30.5 Å². The lowest BCUT2D eigenvalue weighted by Gasteiger charge is -1.98. The molecule has 0 saturated heterocycles. The van der Waals surface area contributed by atoms with E-state index >= 15 is 0 Å². The molecular weight excluding hydrogens is 300 g/mol. The Morgan fingerprint density at radius 2 is 2.05 bits per heavy atom. The Balaban J connectivity index is 1.62. The summed E-state index contributed by atoms with van der Waals surface area (Å²) in [7, 11) is 0. The van der Waals surface area contributed by atoms with Crippen LogP contribution in [-0.2, 0) is 13.1 Å². The average Bonchev–Trinajstić information content (AvgIpc) is 3.22. The van der Waals surface area contributed by atoms with Crippen molar-refractivity contribution >= 4 is 17.2 Å². The molecule has 8 heteroatoms. The third-order valence-electron chi connectivity index (χ3n) is 2.98. The predicted octanol–water partition coefficient (Wildman–Crippen LogP) is 1.75. The molecule has 0 bridgehead atoms. The highest BCUT2D eigenvalue weighted by atomic mass is 32.1. The molecule has 1 N–H and O–H groups in total. The lowest BCUT2D eigenvalue weighted by molar-refractivity contribution is 0.0945. The van der Waals surface area contributed by atoms with E-state index < -0.39 is 0 Å². The number of hydrogen-bond acceptors (Lipinski definition) is 6. The Bertz CT molecular complexity index is 767. The highest BCUT2D eigenvalue weighted by Gasteiger charge is 2.12. The lowest BCUT2D eigenvalue weighted by atomic mass is 10.2. The van der Waals surface area contributed by atoms with E-state index in [1.807, 2.05) is 37.3 Å². The molecule has 7 nitrogen and oxygen atoms in total. The average molecular weight is 314 g/mol. The van der Waals surface area contributed by atoms with E-state index in [0.717, 1.165) is 15.6 Å². The van der Waals surface area contributed by atoms with Crippen LogP contribution in [0.25, 0.3) is 10.6 Å². The second-order valence-electron chi connectivity index (χ2n) is 4.51. The highest BCUT2D eigenvalue weighted by molar-refractivity contribution is 7.14. The first kappa shape index (κ1) is 14.3. The molecule has 0 spiro atoms. The zero-order valence-electron chi connectivity index (χ0n) is 11.9. The van der Waals surface area contributed by atoms with Gasteiger partial charge in [0.25, 0.3) is 5.91 Å². The van der Waals surface area contributed by atoms with Gasteiger partial charge in [-0.15, -0.1) is 15.3 Å². The summed E-state index contributed by atoms with van der Waals surface area (Å²) in [4.78, 5) is 12.0. The van der Waals surface area contributed by atoms with Gasteiger partial charge in [0.15, 0.2) is 5.69 Å². The zero-order valence-corrected chi connectivity index (χ0v) is 12.7. The van der Waals surface area contributed by atoms with E-state index in [-0.39, 0.29) is 5.91 Å². The number of nitrogens with zero attached hydrogens (tertiary/aromatic N) is 5. The molecule has 0 atom stereocenters. The number of aromatic nitrogens is 5. The smallest absolute Gasteiger partial charge is 0.273 e. The number of amides is 1. The summed E-state index contributed by atoms with van der Waals surface area (Å²) in [6.45, 7) is 2.93. The molecule has 2 heterocycles. The van der Waals surface area contributed by atoms with Crippen LogP contribution in [0.3, 0.4) is 0 Å². The van der Waals surface area contributed by atoms with E-state index in [1.54, 1.807) is 10.9 Å². The van der Waals surface area contributed by atoms with Crippen molar-refractivity contribution in [2.24, 2.45) is 0 Å². The highest BCUT2D eigenvalue weighted by Crippen LogP contribution is 2.22. The van der Waals surface area contributed by atoms with Gasteiger partial charge in [-0.05, 0) is 6.92 Å². The predicted molar refractivity (Wildman–Crippen MR) is 82.2 cm³/mol. The maximum absolute atomic E-state index is 12.0. The standard InChI is InChI=1S/C14H14N6OS/c1-2-20-9-11(16-19-20)13(21)15-8-12-17-18-14(22-12)10-6-4-3-5-7-10/h3-7,9H,2,8H2,1H3,(H,15,21). The summed E-state index contributed by atoms with van der Waals surface area (Å²) in [5.74, 6) is -0.267. The number of carbonyl (C=O) groups excluding carboxylic acids is 1. The first-order valence-corrected chi connectivity index (χ1v) is 7.64. The van der Waals surface area contributed by atoms with E-state index in [0.29, 0.717) is 18.8 Å². The molecule has 0 unspecified atom stereocenters. The molecular formula is C14H14N6OS. The molecule has 112 valence electrons. The van der Waals surface area contributed by atoms with Crippen molar-refractivity contribution < 1.29 is 4.79 Å². The molecule has 22 heavy (non-hydrogen) atoms. The summed E-state index contributed by atoms with van der Waals surface area (Å²) in [6.07, 6.45) is 1.62. The van der Waals surface area contributed by atoms with Gasteiger partial charge >= 0.3 is 0 Å². The van der Waals surface area contributed by atoms with Gasteiger partial charge in [0, 0.05) is 12.1 Å². The summed E-state index contributed by atoms with van der Waals surface area (Å²) < 4.78 is 1.60. The number of aryl methyl sites for hydroxylation is 1. The first-order chi connectivity index (χ1) is 10.8. The van der Waals surface area contributed by atoms with E-state index in [2.05, 4.69) is 25.8 Å². The van der Waals surface area contributed by atoms with Gasteiger partial charge in [-0.3, -0.25) is 9.48 Å². The van der Waals surface area contributed by atoms with Crippen LogP contribution in [0.4, 0.5) is 0 Å². The molecule has 1 aromatic carbocycles. The van der Waals surface area contributed by atoms with Crippen LogP contribution in [0.5, 0.6) is 0 Å². The van der Waals surface area contributed by atoms with E-state index in [4.69, 9.17) is 0 Å². The molecule has 0 saturated carbocycles. The van der Waals surface area contributed by atoms with Gasteiger partial charge in [-0.2, -0.15) is 0 Å². The van der Waals surface area contributed by atoms with Crippen LogP contribution in [0, 0.1) is 0 Å². The normalized spacial score (nSPS) is 10.6. The van der Waals surface area contributed by atoms with Crippen LogP contribution < -0.4 is 5.32 Å². The van der Waals surface area contributed by atoms with Crippen LogP contribution >= 0.6 is 11.3 Å². The monoisotopic (exact) mass is 314 g/mol. The Labute approximate surface area is 131 Å². The van der Waals surface area contributed by atoms with Crippen LogP contribution in [0.2, 0.25) is 0 Å². The molecule has 2 aromatic heterocycles. The molecule has 3 aromatic rings. The second kappa shape index (κ2) is 6.44. The largest absolute Gasteiger partial charge is 0.344 e. The van der Waals surface area contributed by atoms with Gasteiger partial charge in [0.2, 0.25) is 0 Å². The second-order valence-corrected chi connectivity index (χ2v) is 5.57. The summed E-state index contributed by atoms with van der Waals surface area (Å²) in [5, 5.41) is 20.2. The maximum Gasteiger partial charge on any atom is 0.273 e. The van der Waals surface area contributed by atoms with E-state index in [9.17, 15) is 4.79 Å². The quantitative estimate of drug-likeness (QED) is 0.775. The molecule has 0 aliphatic rings. The van der Waals surface area contributed by atoms with Gasteiger partial charge < -0.3 is 5.32 Å². The van der Waals surface area contributed by atoms with Gasteiger partial charge in [-0.1, -0.05) is 46.9 Å².